The lowest BCUT2D eigenvalue weighted by molar-refractivity contribution is -0.116. The van der Waals surface area contributed by atoms with E-state index in [9.17, 15) is 13.2 Å². The Morgan fingerprint density at radius 3 is 2.40 bits per heavy atom. The van der Waals surface area contributed by atoms with E-state index in [1.165, 1.54) is 17.7 Å². The van der Waals surface area contributed by atoms with Crippen molar-refractivity contribution in [3.05, 3.63) is 0 Å². The SMILES string of the molecule is O=C(O)N1CCC2(CC1)CN(S(=O)(=O)CCCN1CCCC1)CCO2. The molecule has 3 heterocycles. The molecule has 0 radical (unpaired) electrons. The van der Waals surface area contributed by atoms with Gasteiger partial charge in [-0.2, -0.15) is 4.31 Å². The van der Waals surface area contributed by atoms with Gasteiger partial charge in [0.15, 0.2) is 0 Å². The van der Waals surface area contributed by atoms with Crippen molar-refractivity contribution in [3.63, 3.8) is 0 Å². The number of amides is 1. The summed E-state index contributed by atoms with van der Waals surface area (Å²) in [5.74, 6) is 0.181. The zero-order valence-corrected chi connectivity index (χ0v) is 15.5. The summed E-state index contributed by atoms with van der Waals surface area (Å²) in [6.45, 7) is 4.96. The van der Waals surface area contributed by atoms with Crippen LogP contribution in [0.2, 0.25) is 0 Å². The van der Waals surface area contributed by atoms with Crippen molar-refractivity contribution in [2.45, 2.75) is 37.7 Å². The van der Waals surface area contributed by atoms with Gasteiger partial charge in [-0.05, 0) is 51.7 Å². The summed E-state index contributed by atoms with van der Waals surface area (Å²) in [5.41, 5.74) is -0.522. The van der Waals surface area contributed by atoms with Gasteiger partial charge in [0.2, 0.25) is 10.0 Å². The Morgan fingerprint density at radius 1 is 1.08 bits per heavy atom. The van der Waals surface area contributed by atoms with E-state index in [2.05, 4.69) is 4.90 Å². The van der Waals surface area contributed by atoms with Crippen molar-refractivity contribution >= 4 is 16.1 Å². The van der Waals surface area contributed by atoms with Gasteiger partial charge in [-0.15, -0.1) is 0 Å². The minimum Gasteiger partial charge on any atom is -0.465 e. The average Bonchev–Trinajstić information content (AvgIpc) is 3.08. The van der Waals surface area contributed by atoms with Gasteiger partial charge < -0.3 is 19.6 Å². The van der Waals surface area contributed by atoms with Gasteiger partial charge in [-0.1, -0.05) is 0 Å². The van der Waals surface area contributed by atoms with E-state index in [0.717, 1.165) is 19.6 Å². The molecule has 0 bridgehead atoms. The molecule has 9 heteroatoms. The smallest absolute Gasteiger partial charge is 0.407 e. The second kappa shape index (κ2) is 7.77. The molecule has 3 aliphatic heterocycles. The Hall–Kier alpha value is -0.900. The van der Waals surface area contributed by atoms with Crippen LogP contribution in [0.3, 0.4) is 0 Å². The second-order valence-electron chi connectivity index (χ2n) is 7.35. The Kier molecular flexibility index (Phi) is 5.87. The van der Waals surface area contributed by atoms with Crippen molar-refractivity contribution in [3.8, 4) is 0 Å². The van der Waals surface area contributed by atoms with Crippen molar-refractivity contribution in [2.75, 3.05) is 58.2 Å². The van der Waals surface area contributed by atoms with Crippen molar-refractivity contribution in [2.24, 2.45) is 0 Å². The van der Waals surface area contributed by atoms with E-state index in [0.29, 0.717) is 52.0 Å². The first kappa shape index (κ1) is 18.9. The van der Waals surface area contributed by atoms with Gasteiger partial charge in [0.05, 0.1) is 18.0 Å². The molecule has 3 fully saturated rings. The van der Waals surface area contributed by atoms with Crippen LogP contribution in [-0.2, 0) is 14.8 Å². The number of morpholine rings is 1. The van der Waals surface area contributed by atoms with Crippen LogP contribution < -0.4 is 0 Å². The molecule has 1 spiro atoms. The number of hydrogen-bond acceptors (Lipinski definition) is 5. The van der Waals surface area contributed by atoms with Gasteiger partial charge in [0.25, 0.3) is 0 Å². The maximum absolute atomic E-state index is 12.7. The molecule has 144 valence electrons. The zero-order valence-electron chi connectivity index (χ0n) is 14.7. The highest BCUT2D eigenvalue weighted by molar-refractivity contribution is 7.89. The molecule has 0 saturated carbocycles. The molecule has 0 aromatic heterocycles. The molecule has 0 atom stereocenters. The predicted molar refractivity (Wildman–Crippen MR) is 93.2 cm³/mol. The van der Waals surface area contributed by atoms with E-state index >= 15 is 0 Å². The molecular formula is C16H29N3O5S. The Balaban J connectivity index is 1.52. The fourth-order valence-corrected chi connectivity index (χ4v) is 5.60. The predicted octanol–water partition coefficient (Wildman–Crippen LogP) is 0.647. The van der Waals surface area contributed by atoms with Crippen LogP contribution in [0, 0.1) is 0 Å². The Bertz CT molecular complexity index is 568. The molecular weight excluding hydrogens is 346 g/mol. The van der Waals surface area contributed by atoms with Gasteiger partial charge in [0, 0.05) is 26.2 Å². The number of ether oxygens (including phenoxy) is 1. The number of piperidine rings is 1. The van der Waals surface area contributed by atoms with Crippen LogP contribution in [0.1, 0.15) is 32.1 Å². The quantitative estimate of drug-likeness (QED) is 0.759. The lowest BCUT2D eigenvalue weighted by Crippen LogP contribution is -2.58. The number of nitrogens with zero attached hydrogens (tertiary/aromatic N) is 3. The number of rotatable bonds is 5. The molecule has 3 aliphatic rings. The van der Waals surface area contributed by atoms with Crippen LogP contribution >= 0.6 is 0 Å². The Morgan fingerprint density at radius 2 is 1.76 bits per heavy atom. The van der Waals surface area contributed by atoms with E-state index in [-0.39, 0.29) is 5.75 Å². The van der Waals surface area contributed by atoms with Crippen molar-refractivity contribution in [1.82, 2.24) is 14.1 Å². The number of carboxylic acid groups (broad SMARTS) is 1. The van der Waals surface area contributed by atoms with Gasteiger partial charge in [-0.3, -0.25) is 0 Å². The highest BCUT2D eigenvalue weighted by Crippen LogP contribution is 2.31. The molecule has 3 rings (SSSR count). The van der Waals surface area contributed by atoms with Crippen LogP contribution in [0.15, 0.2) is 0 Å². The fraction of sp³-hybridized carbons (Fsp3) is 0.938. The lowest BCUT2D eigenvalue weighted by atomic mass is 9.90. The largest absolute Gasteiger partial charge is 0.465 e. The van der Waals surface area contributed by atoms with Crippen molar-refractivity contribution in [1.29, 1.82) is 0 Å². The van der Waals surface area contributed by atoms with E-state index < -0.39 is 21.7 Å². The first-order valence-electron chi connectivity index (χ1n) is 9.22. The fourth-order valence-electron chi connectivity index (χ4n) is 4.06. The third-order valence-corrected chi connectivity index (χ3v) is 7.53. The minimum absolute atomic E-state index is 0.181. The van der Waals surface area contributed by atoms with Gasteiger partial charge in [-0.25, -0.2) is 13.2 Å². The van der Waals surface area contributed by atoms with Gasteiger partial charge in [0.1, 0.15) is 0 Å². The molecule has 0 aliphatic carbocycles. The monoisotopic (exact) mass is 375 g/mol. The first-order chi connectivity index (χ1) is 11.9. The maximum Gasteiger partial charge on any atom is 0.407 e. The van der Waals surface area contributed by atoms with Crippen LogP contribution in [0.5, 0.6) is 0 Å². The summed E-state index contributed by atoms with van der Waals surface area (Å²) in [6.07, 6.45) is 3.28. The highest BCUT2D eigenvalue weighted by Gasteiger charge is 2.43. The van der Waals surface area contributed by atoms with Crippen LogP contribution in [0.4, 0.5) is 4.79 Å². The van der Waals surface area contributed by atoms with Gasteiger partial charge >= 0.3 is 6.09 Å². The number of likely N-dealkylation sites (tertiary alicyclic amines) is 2. The molecule has 25 heavy (non-hydrogen) atoms. The number of sulfonamides is 1. The number of carbonyl (C=O) groups is 1. The topological polar surface area (TPSA) is 90.4 Å². The zero-order chi connectivity index (χ0) is 17.9. The standard InChI is InChI=1S/C16H29N3O5S/c20-15(21)18-9-4-16(5-10-18)14-19(11-12-24-16)25(22,23)13-3-8-17-6-1-2-7-17/h1-14H2,(H,20,21). The van der Waals surface area contributed by atoms with Crippen LogP contribution in [-0.4, -0.2) is 97.5 Å². The summed E-state index contributed by atoms with van der Waals surface area (Å²) in [6, 6.07) is 0. The summed E-state index contributed by atoms with van der Waals surface area (Å²) in [5, 5.41) is 9.07. The summed E-state index contributed by atoms with van der Waals surface area (Å²) in [7, 11) is -3.28. The third kappa shape index (κ3) is 4.64. The maximum atomic E-state index is 12.7. The summed E-state index contributed by atoms with van der Waals surface area (Å²) < 4.78 is 32.9. The molecule has 1 N–H and O–H groups in total. The molecule has 0 aromatic rings. The minimum atomic E-state index is -3.28. The summed E-state index contributed by atoms with van der Waals surface area (Å²) in [4.78, 5) is 14.8. The first-order valence-corrected chi connectivity index (χ1v) is 10.8. The number of hydrogen-bond donors (Lipinski definition) is 1. The normalized spacial score (nSPS) is 25.5. The molecule has 3 saturated heterocycles. The van der Waals surface area contributed by atoms with E-state index in [1.54, 1.807) is 4.31 Å². The Labute approximate surface area is 149 Å². The molecule has 0 unspecified atom stereocenters. The molecule has 1 amide bonds. The third-order valence-electron chi connectivity index (χ3n) is 5.63. The van der Waals surface area contributed by atoms with Crippen LogP contribution in [0.25, 0.3) is 0 Å². The molecule has 8 nitrogen and oxygen atoms in total. The average molecular weight is 375 g/mol. The molecule has 0 aromatic carbocycles. The highest BCUT2D eigenvalue weighted by atomic mass is 32.2. The summed E-state index contributed by atoms with van der Waals surface area (Å²) >= 11 is 0. The van der Waals surface area contributed by atoms with E-state index in [4.69, 9.17) is 9.84 Å². The van der Waals surface area contributed by atoms with Crippen molar-refractivity contribution < 1.29 is 23.1 Å². The van der Waals surface area contributed by atoms with E-state index in [1.807, 2.05) is 0 Å². The lowest BCUT2D eigenvalue weighted by Gasteiger charge is -2.46. The second-order valence-corrected chi connectivity index (χ2v) is 9.44.